The second-order valence-electron chi connectivity index (χ2n) is 17.7. The number of para-hydroxylation sites is 3. The van der Waals surface area contributed by atoms with Crippen LogP contribution in [0.3, 0.4) is 0 Å². The zero-order valence-corrected chi connectivity index (χ0v) is 34.3. The molecule has 0 amide bonds. The Hall–Kier alpha value is -6.12. The predicted molar refractivity (Wildman–Crippen MR) is 247 cm³/mol. The molecule has 1 saturated carbocycles. The predicted octanol–water partition coefficient (Wildman–Crippen LogP) is 15.4. The van der Waals surface area contributed by atoms with Gasteiger partial charge >= 0.3 is 0 Å². The average molecular weight is 753 g/mol. The minimum absolute atomic E-state index is 0.0989. The van der Waals surface area contributed by atoms with Gasteiger partial charge in [-0.3, -0.25) is 0 Å². The maximum Gasteiger partial charge on any atom is 0.0465 e. The third-order valence-corrected chi connectivity index (χ3v) is 13.4. The lowest BCUT2D eigenvalue weighted by Crippen LogP contribution is -2.33. The largest absolute Gasteiger partial charge is 0.338 e. The molecule has 0 saturated heterocycles. The van der Waals surface area contributed by atoms with Crippen molar-refractivity contribution in [1.82, 2.24) is 0 Å². The first-order valence-electron chi connectivity index (χ1n) is 21.3. The topological polar surface area (TPSA) is 6.48 Å². The van der Waals surface area contributed by atoms with Crippen molar-refractivity contribution in [2.45, 2.75) is 76.7 Å². The summed E-state index contributed by atoms with van der Waals surface area (Å²) in [5, 5.41) is 0. The number of benzene rings is 7. The molecule has 7 aromatic carbocycles. The maximum absolute atomic E-state index is 2.63. The Morgan fingerprint density at radius 3 is 1.28 bits per heavy atom. The molecule has 0 atom stereocenters. The van der Waals surface area contributed by atoms with Crippen LogP contribution in [0.4, 0.5) is 28.4 Å². The van der Waals surface area contributed by atoms with Crippen molar-refractivity contribution in [1.29, 1.82) is 0 Å². The van der Waals surface area contributed by atoms with Crippen LogP contribution in [0.15, 0.2) is 164 Å². The van der Waals surface area contributed by atoms with Gasteiger partial charge in [0.25, 0.3) is 0 Å². The van der Waals surface area contributed by atoms with Crippen LogP contribution in [-0.4, -0.2) is 6.04 Å². The Kier molecular flexibility index (Phi) is 8.97. The number of hydrogen-bond donors (Lipinski definition) is 0. The van der Waals surface area contributed by atoms with Crippen LogP contribution in [0.2, 0.25) is 0 Å². The molecule has 0 N–H and O–H groups in total. The lowest BCUT2D eigenvalue weighted by Gasteiger charge is -2.37. The van der Waals surface area contributed by atoms with Crippen LogP contribution in [0, 0.1) is 0 Å². The number of nitrogens with zero attached hydrogens (tertiary/aromatic N) is 2. The summed E-state index contributed by atoms with van der Waals surface area (Å²) in [7, 11) is 0. The van der Waals surface area contributed by atoms with Crippen molar-refractivity contribution >= 4 is 40.6 Å². The van der Waals surface area contributed by atoms with E-state index in [-0.39, 0.29) is 10.8 Å². The number of rotatable bonds is 8. The highest BCUT2D eigenvalue weighted by atomic mass is 15.2. The maximum atomic E-state index is 2.63. The highest BCUT2D eigenvalue weighted by Crippen LogP contribution is 2.52. The summed E-state index contributed by atoms with van der Waals surface area (Å²) in [6.45, 7) is 9.58. The van der Waals surface area contributed by atoms with Gasteiger partial charge in [0.15, 0.2) is 0 Å². The molecule has 0 aliphatic heterocycles. The van der Waals surface area contributed by atoms with E-state index in [4.69, 9.17) is 0 Å². The van der Waals surface area contributed by atoms with E-state index >= 15 is 0 Å². The molecule has 0 heterocycles. The van der Waals surface area contributed by atoms with E-state index in [1.165, 1.54) is 105 Å². The van der Waals surface area contributed by atoms with Crippen molar-refractivity contribution < 1.29 is 0 Å². The molecule has 10 rings (SSSR count). The summed E-state index contributed by atoms with van der Waals surface area (Å²) in [6.07, 6.45) is 11.1. The molecule has 0 aromatic heterocycles. The summed E-state index contributed by atoms with van der Waals surface area (Å²) < 4.78 is 0. The van der Waals surface area contributed by atoms with Gasteiger partial charge in [-0.1, -0.05) is 162 Å². The van der Waals surface area contributed by atoms with E-state index in [1.807, 2.05) is 0 Å². The van der Waals surface area contributed by atoms with Gasteiger partial charge in [-0.05, 0) is 129 Å². The van der Waals surface area contributed by atoms with E-state index in [2.05, 4.69) is 213 Å². The van der Waals surface area contributed by atoms with Crippen LogP contribution in [0.5, 0.6) is 0 Å². The highest BCUT2D eigenvalue weighted by molar-refractivity contribution is 5.88. The molecule has 1 fully saturated rings. The van der Waals surface area contributed by atoms with Gasteiger partial charge in [-0.25, -0.2) is 0 Å². The van der Waals surface area contributed by atoms with Crippen LogP contribution in [0.25, 0.3) is 34.4 Å². The van der Waals surface area contributed by atoms with Crippen LogP contribution in [-0.2, 0) is 10.8 Å². The molecule has 58 heavy (non-hydrogen) atoms. The molecular formula is C56H52N2. The van der Waals surface area contributed by atoms with Crippen molar-refractivity contribution in [3.05, 3.63) is 197 Å². The second-order valence-corrected chi connectivity index (χ2v) is 17.7. The quantitative estimate of drug-likeness (QED) is 0.143. The zero-order chi connectivity index (χ0) is 39.4. The fraction of sp³-hybridized carbons (Fsp3) is 0.214. The van der Waals surface area contributed by atoms with Gasteiger partial charge in [-0.2, -0.15) is 0 Å². The number of anilines is 5. The Balaban J connectivity index is 0.933. The molecule has 0 radical (unpaired) electrons. The highest BCUT2D eigenvalue weighted by Gasteiger charge is 2.38. The summed E-state index contributed by atoms with van der Waals surface area (Å²) in [5.74, 6) is 0. The Morgan fingerprint density at radius 1 is 0.397 bits per heavy atom. The second kappa shape index (κ2) is 14.4. The Labute approximate surface area is 345 Å². The van der Waals surface area contributed by atoms with Gasteiger partial charge in [0.05, 0.1) is 0 Å². The first kappa shape index (κ1) is 36.2. The van der Waals surface area contributed by atoms with E-state index in [9.17, 15) is 0 Å². The molecule has 0 bridgehead atoms. The van der Waals surface area contributed by atoms with Gasteiger partial charge in [0.2, 0.25) is 0 Å². The first-order chi connectivity index (χ1) is 28.3. The molecule has 7 aromatic rings. The van der Waals surface area contributed by atoms with Gasteiger partial charge in [-0.15, -0.1) is 0 Å². The van der Waals surface area contributed by atoms with Crippen molar-refractivity contribution in [2.24, 2.45) is 0 Å². The fourth-order valence-electron chi connectivity index (χ4n) is 10.3. The Morgan fingerprint density at radius 2 is 0.793 bits per heavy atom. The SMILES string of the molecule is CC1(C)c2cc(/C=C/c3ccc4c(c3)C(C)(C)c3cc(N(c5ccccc5)C5CCCCC5)ccc3-4)ccc2-c2ccc(N(c3ccccc3)c3ccccc3)cc21. The van der Waals surface area contributed by atoms with Crippen molar-refractivity contribution in [3.63, 3.8) is 0 Å². The lowest BCUT2D eigenvalue weighted by atomic mass is 9.81. The third kappa shape index (κ3) is 6.18. The molecule has 2 nitrogen and oxygen atoms in total. The van der Waals surface area contributed by atoms with E-state index < -0.39 is 0 Å². The molecule has 2 heteroatoms. The molecule has 0 spiro atoms. The lowest BCUT2D eigenvalue weighted by molar-refractivity contribution is 0.436. The average Bonchev–Trinajstić information content (AvgIpc) is 3.63. The first-order valence-corrected chi connectivity index (χ1v) is 21.3. The zero-order valence-electron chi connectivity index (χ0n) is 34.3. The molecule has 0 unspecified atom stereocenters. The monoisotopic (exact) mass is 752 g/mol. The van der Waals surface area contributed by atoms with E-state index in [0.29, 0.717) is 6.04 Å². The van der Waals surface area contributed by atoms with Gasteiger partial charge in [0, 0.05) is 45.3 Å². The van der Waals surface area contributed by atoms with E-state index in [0.717, 1.165) is 11.4 Å². The minimum Gasteiger partial charge on any atom is -0.338 e. The third-order valence-electron chi connectivity index (χ3n) is 13.4. The number of fused-ring (bicyclic) bond motifs is 6. The molecule has 3 aliphatic carbocycles. The van der Waals surface area contributed by atoms with Crippen molar-refractivity contribution in [3.8, 4) is 22.3 Å². The summed E-state index contributed by atoms with van der Waals surface area (Å²) in [6, 6.07) is 61.4. The van der Waals surface area contributed by atoms with Gasteiger partial charge < -0.3 is 9.80 Å². The summed E-state index contributed by atoms with van der Waals surface area (Å²) in [5.41, 5.74) is 19.3. The normalized spacial score (nSPS) is 16.1. The van der Waals surface area contributed by atoms with Gasteiger partial charge in [0.1, 0.15) is 0 Å². The summed E-state index contributed by atoms with van der Waals surface area (Å²) in [4.78, 5) is 4.99. The summed E-state index contributed by atoms with van der Waals surface area (Å²) >= 11 is 0. The standard InChI is InChI=1S/C56H52N2/c1-55(2)51-35-39(27-31-47(51)49-33-29-45(37-53(49)55)57(41-17-9-5-10-18-41)42-19-11-6-12-20-42)25-26-40-28-32-48-50-34-30-46(38-54(50)56(3,4)52(48)36-40)58(43-21-13-7-14-22-43)44-23-15-8-16-24-44/h5-7,9-14,17-22,25-38,44H,8,15-16,23-24H2,1-4H3/b26-25+. The smallest absolute Gasteiger partial charge is 0.0465 e. The van der Waals surface area contributed by atoms with E-state index in [1.54, 1.807) is 0 Å². The number of hydrogen-bond acceptors (Lipinski definition) is 2. The molecule has 286 valence electrons. The fourth-order valence-corrected chi connectivity index (χ4v) is 10.3. The van der Waals surface area contributed by atoms with Crippen molar-refractivity contribution in [2.75, 3.05) is 9.80 Å². The Bertz CT molecular complexity index is 2610. The molecular weight excluding hydrogens is 701 g/mol. The molecule has 3 aliphatic rings. The minimum atomic E-state index is -0.140. The van der Waals surface area contributed by atoms with Crippen LogP contribution in [0.1, 0.15) is 93.2 Å². The van der Waals surface area contributed by atoms with Crippen LogP contribution < -0.4 is 9.80 Å². The van der Waals surface area contributed by atoms with Crippen LogP contribution >= 0.6 is 0 Å².